The Labute approximate surface area is 117 Å². The van der Waals surface area contributed by atoms with Crippen molar-refractivity contribution >= 4 is 5.82 Å². The summed E-state index contributed by atoms with van der Waals surface area (Å²) in [6, 6.07) is 11.6. The summed E-state index contributed by atoms with van der Waals surface area (Å²) in [5.74, 6) is 1.64. The Bertz CT molecular complexity index is 569. The van der Waals surface area contributed by atoms with Crippen molar-refractivity contribution in [2.75, 3.05) is 25.1 Å². The molecule has 0 radical (unpaired) electrons. The minimum absolute atomic E-state index is 0.252. The van der Waals surface area contributed by atoms with Crippen LogP contribution < -0.4 is 9.64 Å². The first-order chi connectivity index (χ1) is 9.76. The second-order valence-corrected chi connectivity index (χ2v) is 4.89. The van der Waals surface area contributed by atoms with Gasteiger partial charge in [0.25, 0.3) is 0 Å². The van der Waals surface area contributed by atoms with Crippen molar-refractivity contribution in [3.8, 4) is 17.0 Å². The fraction of sp³-hybridized carbons (Fsp3) is 0.333. The van der Waals surface area contributed by atoms with Gasteiger partial charge in [-0.15, -0.1) is 10.2 Å². The number of hydrogen-bond donors (Lipinski definition) is 1. The fourth-order valence-electron chi connectivity index (χ4n) is 2.36. The summed E-state index contributed by atoms with van der Waals surface area (Å²) in [7, 11) is 1.65. The maximum atomic E-state index is 9.54. The third-order valence-corrected chi connectivity index (χ3v) is 3.52. The summed E-state index contributed by atoms with van der Waals surface area (Å²) in [4.78, 5) is 2.05. The zero-order valence-electron chi connectivity index (χ0n) is 11.4. The van der Waals surface area contributed by atoms with Crippen molar-refractivity contribution in [3.63, 3.8) is 0 Å². The highest BCUT2D eigenvalue weighted by molar-refractivity contribution is 5.60. The summed E-state index contributed by atoms with van der Waals surface area (Å²) in [5.41, 5.74) is 1.84. The van der Waals surface area contributed by atoms with Gasteiger partial charge in [-0.2, -0.15) is 0 Å². The van der Waals surface area contributed by atoms with Gasteiger partial charge in [0.1, 0.15) is 5.75 Å². The molecule has 5 nitrogen and oxygen atoms in total. The van der Waals surface area contributed by atoms with E-state index in [0.29, 0.717) is 6.54 Å². The molecule has 2 heterocycles. The van der Waals surface area contributed by atoms with E-state index in [1.807, 2.05) is 36.4 Å². The molecule has 1 N–H and O–H groups in total. The number of nitrogens with zero attached hydrogens (tertiary/aromatic N) is 3. The molecule has 0 aliphatic carbocycles. The third-order valence-electron chi connectivity index (χ3n) is 3.52. The van der Waals surface area contributed by atoms with Crippen molar-refractivity contribution in [3.05, 3.63) is 36.4 Å². The number of rotatable bonds is 3. The van der Waals surface area contributed by atoms with E-state index in [9.17, 15) is 5.11 Å². The molecule has 104 valence electrons. The highest BCUT2D eigenvalue weighted by Gasteiger charge is 2.21. The second kappa shape index (κ2) is 5.46. The van der Waals surface area contributed by atoms with Gasteiger partial charge in [-0.05, 0) is 42.8 Å². The number of aliphatic hydroxyl groups is 1. The molecule has 20 heavy (non-hydrogen) atoms. The van der Waals surface area contributed by atoms with Gasteiger partial charge in [0.2, 0.25) is 0 Å². The van der Waals surface area contributed by atoms with Crippen LogP contribution in [0.1, 0.15) is 6.42 Å². The lowest BCUT2D eigenvalue weighted by Crippen LogP contribution is -2.22. The Morgan fingerprint density at radius 3 is 2.50 bits per heavy atom. The van der Waals surface area contributed by atoms with E-state index in [2.05, 4.69) is 15.1 Å². The van der Waals surface area contributed by atoms with Crippen LogP contribution in [0.25, 0.3) is 11.3 Å². The normalized spacial score (nSPS) is 18.3. The Morgan fingerprint density at radius 1 is 1.15 bits per heavy atom. The minimum atomic E-state index is -0.252. The lowest BCUT2D eigenvalue weighted by molar-refractivity contribution is 0.198. The molecule has 1 unspecified atom stereocenters. The molecule has 5 heteroatoms. The number of aliphatic hydroxyl groups excluding tert-OH is 1. The average Bonchev–Trinajstić information content (AvgIpc) is 2.94. The predicted molar refractivity (Wildman–Crippen MR) is 76.9 cm³/mol. The van der Waals surface area contributed by atoms with Gasteiger partial charge in [0.15, 0.2) is 5.82 Å². The van der Waals surface area contributed by atoms with Crippen molar-refractivity contribution in [2.24, 2.45) is 0 Å². The predicted octanol–water partition coefficient (Wildman–Crippen LogP) is 1.72. The highest BCUT2D eigenvalue weighted by Crippen LogP contribution is 2.22. The van der Waals surface area contributed by atoms with Gasteiger partial charge >= 0.3 is 0 Å². The molecule has 0 saturated carbocycles. The first-order valence-electron chi connectivity index (χ1n) is 6.67. The van der Waals surface area contributed by atoms with Crippen LogP contribution >= 0.6 is 0 Å². The van der Waals surface area contributed by atoms with E-state index in [4.69, 9.17) is 4.74 Å². The minimum Gasteiger partial charge on any atom is -0.497 e. The molecule has 1 aliphatic rings. The lowest BCUT2D eigenvalue weighted by atomic mass is 10.1. The SMILES string of the molecule is COc1ccc(-c2ccc(N3CCC(O)C3)nn2)cc1. The second-order valence-electron chi connectivity index (χ2n) is 4.89. The summed E-state index contributed by atoms with van der Waals surface area (Å²) in [6.45, 7) is 1.47. The van der Waals surface area contributed by atoms with Crippen LogP contribution in [0, 0.1) is 0 Å². The van der Waals surface area contributed by atoms with Crippen LogP contribution in [0.4, 0.5) is 5.82 Å². The fourth-order valence-corrected chi connectivity index (χ4v) is 2.36. The number of aromatic nitrogens is 2. The summed E-state index contributed by atoms with van der Waals surface area (Å²) < 4.78 is 5.14. The summed E-state index contributed by atoms with van der Waals surface area (Å²) in [6.07, 6.45) is 0.542. The highest BCUT2D eigenvalue weighted by atomic mass is 16.5. The van der Waals surface area contributed by atoms with Crippen molar-refractivity contribution in [1.29, 1.82) is 0 Å². The zero-order chi connectivity index (χ0) is 13.9. The van der Waals surface area contributed by atoms with E-state index in [-0.39, 0.29) is 6.10 Å². The van der Waals surface area contributed by atoms with Gasteiger partial charge in [-0.25, -0.2) is 0 Å². The Hall–Kier alpha value is -2.14. The van der Waals surface area contributed by atoms with Crippen LogP contribution in [-0.2, 0) is 0 Å². The Balaban J connectivity index is 1.78. The first-order valence-corrected chi connectivity index (χ1v) is 6.67. The molecule has 0 bridgehead atoms. The van der Waals surface area contributed by atoms with Gasteiger partial charge in [-0.1, -0.05) is 0 Å². The lowest BCUT2D eigenvalue weighted by Gasteiger charge is -2.15. The monoisotopic (exact) mass is 271 g/mol. The molecule has 1 atom stereocenters. The van der Waals surface area contributed by atoms with Gasteiger partial charge < -0.3 is 14.7 Å². The molecule has 3 rings (SSSR count). The van der Waals surface area contributed by atoms with E-state index in [1.54, 1.807) is 7.11 Å². The number of anilines is 1. The van der Waals surface area contributed by atoms with E-state index in [0.717, 1.165) is 35.8 Å². The third kappa shape index (κ3) is 2.58. The molecule has 1 fully saturated rings. The maximum absolute atomic E-state index is 9.54. The van der Waals surface area contributed by atoms with Crippen LogP contribution in [0.5, 0.6) is 5.75 Å². The first kappa shape index (κ1) is 12.9. The number of β-amino-alcohol motifs (C(OH)–C–C–N with tert-alkyl or cyclic N) is 1. The molecule has 2 aromatic rings. The quantitative estimate of drug-likeness (QED) is 0.921. The van der Waals surface area contributed by atoms with Gasteiger partial charge in [-0.3, -0.25) is 0 Å². The number of benzene rings is 1. The number of methoxy groups -OCH3 is 1. The molecule has 1 aromatic carbocycles. The van der Waals surface area contributed by atoms with Crippen LogP contribution in [0.2, 0.25) is 0 Å². The molecule has 1 aliphatic heterocycles. The van der Waals surface area contributed by atoms with Crippen LogP contribution in [-0.4, -0.2) is 41.6 Å². The Kier molecular flexibility index (Phi) is 3.52. The molecule has 1 aromatic heterocycles. The van der Waals surface area contributed by atoms with Crippen molar-refractivity contribution in [1.82, 2.24) is 10.2 Å². The molecule has 1 saturated heterocycles. The molecular formula is C15H17N3O2. The van der Waals surface area contributed by atoms with Gasteiger partial charge in [0, 0.05) is 18.7 Å². The number of hydrogen-bond acceptors (Lipinski definition) is 5. The molecular weight excluding hydrogens is 254 g/mol. The van der Waals surface area contributed by atoms with E-state index in [1.165, 1.54) is 0 Å². The van der Waals surface area contributed by atoms with E-state index >= 15 is 0 Å². The molecule has 0 spiro atoms. The maximum Gasteiger partial charge on any atom is 0.151 e. The largest absolute Gasteiger partial charge is 0.497 e. The van der Waals surface area contributed by atoms with Crippen LogP contribution in [0.3, 0.4) is 0 Å². The number of ether oxygens (including phenoxy) is 1. The zero-order valence-corrected chi connectivity index (χ0v) is 11.4. The van der Waals surface area contributed by atoms with Crippen molar-refractivity contribution < 1.29 is 9.84 Å². The summed E-state index contributed by atoms with van der Waals surface area (Å²) >= 11 is 0. The topological polar surface area (TPSA) is 58.5 Å². The smallest absolute Gasteiger partial charge is 0.151 e. The van der Waals surface area contributed by atoms with Gasteiger partial charge in [0.05, 0.1) is 18.9 Å². The summed E-state index contributed by atoms with van der Waals surface area (Å²) in [5, 5.41) is 18.0. The average molecular weight is 271 g/mol. The van der Waals surface area contributed by atoms with E-state index < -0.39 is 0 Å². The standard InChI is InChI=1S/C15H17N3O2/c1-20-13-4-2-11(3-5-13)14-6-7-15(17-16-14)18-9-8-12(19)10-18/h2-7,12,19H,8-10H2,1H3. The van der Waals surface area contributed by atoms with Crippen molar-refractivity contribution in [2.45, 2.75) is 12.5 Å². The molecule has 0 amide bonds. The van der Waals surface area contributed by atoms with Crippen LogP contribution in [0.15, 0.2) is 36.4 Å². The Morgan fingerprint density at radius 2 is 1.95 bits per heavy atom.